The zero-order chi connectivity index (χ0) is 11.7. The van der Waals surface area contributed by atoms with Crippen molar-refractivity contribution in [2.24, 2.45) is 0 Å². The van der Waals surface area contributed by atoms with Crippen LogP contribution in [0.2, 0.25) is 0 Å². The molecule has 2 rings (SSSR count). The first-order valence-electron chi connectivity index (χ1n) is 4.71. The van der Waals surface area contributed by atoms with Gasteiger partial charge in [-0.1, -0.05) is 18.2 Å². The Balaban J connectivity index is 2.34. The minimum Gasteiger partial charge on any atom is -0.467 e. The third-order valence-electron chi connectivity index (χ3n) is 2.45. The van der Waals surface area contributed by atoms with Gasteiger partial charge < -0.3 is 14.6 Å². The van der Waals surface area contributed by atoms with E-state index in [9.17, 15) is 14.7 Å². The zero-order valence-corrected chi connectivity index (χ0v) is 8.54. The van der Waals surface area contributed by atoms with E-state index in [0.29, 0.717) is 11.1 Å². The minimum absolute atomic E-state index is 0.371. The Morgan fingerprint density at radius 2 is 2.19 bits per heavy atom. The number of hydrogen-bond acceptors (Lipinski definition) is 5. The second-order valence-electron chi connectivity index (χ2n) is 3.38. The van der Waals surface area contributed by atoms with Gasteiger partial charge in [-0.3, -0.25) is 0 Å². The lowest BCUT2D eigenvalue weighted by Gasteiger charge is -2.15. The summed E-state index contributed by atoms with van der Waals surface area (Å²) in [6.45, 7) is 0. The summed E-state index contributed by atoms with van der Waals surface area (Å²) in [5.41, 5.74) is 0.876. The Morgan fingerprint density at radius 1 is 1.50 bits per heavy atom. The highest BCUT2D eigenvalue weighted by Crippen LogP contribution is 2.33. The molecule has 0 saturated heterocycles. The summed E-state index contributed by atoms with van der Waals surface area (Å²) in [5, 5.41) is 9.63. The molecule has 5 heteroatoms. The van der Waals surface area contributed by atoms with Gasteiger partial charge in [0.05, 0.1) is 12.7 Å². The molecule has 0 spiro atoms. The predicted molar refractivity (Wildman–Crippen MR) is 52.6 cm³/mol. The number of esters is 2. The fourth-order valence-corrected chi connectivity index (χ4v) is 1.65. The van der Waals surface area contributed by atoms with Crippen molar-refractivity contribution in [3.05, 3.63) is 35.4 Å². The molecule has 1 aromatic rings. The number of cyclic esters (lactones) is 1. The molecule has 1 aliphatic rings. The molecule has 0 amide bonds. The molecule has 0 unspecified atom stereocenters. The van der Waals surface area contributed by atoms with Gasteiger partial charge in [-0.25, -0.2) is 9.59 Å². The number of carbonyl (C=O) groups is 2. The zero-order valence-electron chi connectivity index (χ0n) is 8.54. The monoisotopic (exact) mass is 222 g/mol. The highest BCUT2D eigenvalue weighted by atomic mass is 16.6. The fraction of sp³-hybridized carbons (Fsp3) is 0.273. The molecule has 0 radical (unpaired) electrons. The molecule has 16 heavy (non-hydrogen) atoms. The Morgan fingerprint density at radius 3 is 2.88 bits per heavy atom. The normalized spacial score (nSPS) is 19.9. The van der Waals surface area contributed by atoms with E-state index in [1.165, 1.54) is 0 Å². The lowest BCUT2D eigenvalue weighted by Crippen LogP contribution is -2.29. The van der Waals surface area contributed by atoms with Crippen molar-refractivity contribution < 1.29 is 24.2 Å². The maximum Gasteiger partial charge on any atom is 0.339 e. The number of aliphatic hydroxyl groups is 1. The van der Waals surface area contributed by atoms with Gasteiger partial charge in [-0.15, -0.1) is 0 Å². The molecule has 5 nitrogen and oxygen atoms in total. The number of aliphatic hydroxyl groups excluding tert-OH is 1. The predicted octanol–water partition coefficient (Wildman–Crippen LogP) is 0.432. The molecule has 84 valence electrons. The number of fused-ring (bicyclic) bond motifs is 1. The van der Waals surface area contributed by atoms with Crippen molar-refractivity contribution in [3.63, 3.8) is 0 Å². The Labute approximate surface area is 91.6 Å². The third kappa shape index (κ3) is 1.55. The highest BCUT2D eigenvalue weighted by Gasteiger charge is 2.39. The number of ether oxygens (including phenoxy) is 2. The summed E-state index contributed by atoms with van der Waals surface area (Å²) < 4.78 is 9.32. The van der Waals surface area contributed by atoms with Crippen LogP contribution in [0, 0.1) is 0 Å². The van der Waals surface area contributed by atoms with Crippen LogP contribution in [0.1, 0.15) is 22.0 Å². The average molecular weight is 222 g/mol. The molecule has 0 fully saturated rings. The van der Waals surface area contributed by atoms with E-state index in [1.807, 2.05) is 0 Å². The topological polar surface area (TPSA) is 72.8 Å². The summed E-state index contributed by atoms with van der Waals surface area (Å²) >= 11 is 0. The summed E-state index contributed by atoms with van der Waals surface area (Å²) in [7, 11) is 1.16. The molecular formula is C11H10O5. The Bertz CT molecular complexity index is 440. The molecular weight excluding hydrogens is 212 g/mol. The average Bonchev–Trinajstić information content (AvgIpc) is 2.65. The van der Waals surface area contributed by atoms with Gasteiger partial charge in [0.15, 0.2) is 12.2 Å². The first-order valence-corrected chi connectivity index (χ1v) is 4.71. The fourth-order valence-electron chi connectivity index (χ4n) is 1.65. The van der Waals surface area contributed by atoms with Crippen molar-refractivity contribution in [2.45, 2.75) is 12.2 Å². The van der Waals surface area contributed by atoms with Gasteiger partial charge in [-0.05, 0) is 6.07 Å². The number of carbonyl (C=O) groups excluding carboxylic acids is 2. The van der Waals surface area contributed by atoms with Crippen molar-refractivity contribution in [3.8, 4) is 0 Å². The van der Waals surface area contributed by atoms with Gasteiger partial charge in [0.1, 0.15) is 0 Å². The smallest absolute Gasteiger partial charge is 0.339 e. The first-order chi connectivity index (χ1) is 7.65. The van der Waals surface area contributed by atoms with E-state index in [1.54, 1.807) is 24.3 Å². The summed E-state index contributed by atoms with van der Waals surface area (Å²) in [5.74, 6) is -1.36. The standard InChI is InChI=1S/C11H10O5/c1-15-11(14)8(12)9-6-4-2-3-5-7(6)10(13)16-9/h2-5,8-9,12H,1H3/t8-,9+/m0/s1. The van der Waals surface area contributed by atoms with Crippen LogP contribution in [0.5, 0.6) is 0 Å². The van der Waals surface area contributed by atoms with E-state index in [2.05, 4.69) is 4.74 Å². The molecule has 1 aliphatic heterocycles. The number of hydrogen-bond donors (Lipinski definition) is 1. The molecule has 0 aromatic heterocycles. The lowest BCUT2D eigenvalue weighted by molar-refractivity contribution is -0.156. The minimum atomic E-state index is -1.49. The summed E-state index contributed by atoms with van der Waals surface area (Å²) in [6.07, 6.45) is -2.46. The van der Waals surface area contributed by atoms with Crippen LogP contribution < -0.4 is 0 Å². The summed E-state index contributed by atoms with van der Waals surface area (Å²) in [4.78, 5) is 22.6. The molecule has 1 N–H and O–H groups in total. The number of methoxy groups -OCH3 is 1. The maximum atomic E-state index is 11.4. The molecule has 1 heterocycles. The van der Waals surface area contributed by atoms with E-state index in [-0.39, 0.29) is 0 Å². The van der Waals surface area contributed by atoms with E-state index >= 15 is 0 Å². The van der Waals surface area contributed by atoms with Crippen LogP contribution in [0.15, 0.2) is 24.3 Å². The molecule has 1 aromatic carbocycles. The van der Waals surface area contributed by atoms with Gasteiger partial charge in [-0.2, -0.15) is 0 Å². The number of benzene rings is 1. The van der Waals surface area contributed by atoms with Crippen LogP contribution in [-0.4, -0.2) is 30.3 Å². The van der Waals surface area contributed by atoms with Gasteiger partial charge in [0.25, 0.3) is 0 Å². The largest absolute Gasteiger partial charge is 0.467 e. The quantitative estimate of drug-likeness (QED) is 0.735. The Hall–Kier alpha value is -1.88. The van der Waals surface area contributed by atoms with Crippen LogP contribution in [0.25, 0.3) is 0 Å². The molecule has 0 bridgehead atoms. The number of rotatable bonds is 2. The van der Waals surface area contributed by atoms with E-state index in [0.717, 1.165) is 7.11 Å². The molecule has 2 atom stereocenters. The van der Waals surface area contributed by atoms with Gasteiger partial charge in [0, 0.05) is 5.56 Å². The van der Waals surface area contributed by atoms with E-state index in [4.69, 9.17) is 4.74 Å². The summed E-state index contributed by atoms with van der Waals surface area (Å²) in [6, 6.07) is 6.61. The Kier molecular flexibility index (Phi) is 2.62. The third-order valence-corrected chi connectivity index (χ3v) is 2.45. The van der Waals surface area contributed by atoms with Crippen molar-refractivity contribution in [1.82, 2.24) is 0 Å². The van der Waals surface area contributed by atoms with Crippen LogP contribution in [0.3, 0.4) is 0 Å². The maximum absolute atomic E-state index is 11.4. The van der Waals surface area contributed by atoms with Crippen molar-refractivity contribution in [1.29, 1.82) is 0 Å². The van der Waals surface area contributed by atoms with Crippen molar-refractivity contribution >= 4 is 11.9 Å². The van der Waals surface area contributed by atoms with Gasteiger partial charge >= 0.3 is 11.9 Å². The van der Waals surface area contributed by atoms with Gasteiger partial charge in [0.2, 0.25) is 0 Å². The highest BCUT2D eigenvalue weighted by molar-refractivity contribution is 5.95. The SMILES string of the molecule is COC(=O)[C@@H](O)[C@@H]1OC(=O)c2ccccc21. The van der Waals surface area contributed by atoms with Crippen LogP contribution in [0.4, 0.5) is 0 Å². The van der Waals surface area contributed by atoms with Crippen LogP contribution in [-0.2, 0) is 14.3 Å². The van der Waals surface area contributed by atoms with E-state index < -0.39 is 24.1 Å². The van der Waals surface area contributed by atoms with Crippen LogP contribution >= 0.6 is 0 Å². The van der Waals surface area contributed by atoms with Crippen molar-refractivity contribution in [2.75, 3.05) is 7.11 Å². The second kappa shape index (κ2) is 3.94. The first kappa shape index (κ1) is 10.6. The second-order valence-corrected chi connectivity index (χ2v) is 3.38. The lowest BCUT2D eigenvalue weighted by atomic mass is 10.0. The molecule has 0 aliphatic carbocycles. The molecule has 0 saturated carbocycles.